The molecule has 20 heteroatoms. The van der Waals surface area contributed by atoms with Crippen molar-refractivity contribution in [3.05, 3.63) is 44.5 Å². The molecule has 1 saturated heterocycles. The highest BCUT2D eigenvalue weighted by atomic mass is 32.2. The Morgan fingerprint density at radius 1 is 1.30 bits per heavy atom. The molecule has 2 atom stereocenters. The number of carbonyl (C=O) groups is 4. The molecular weight excluding hydrogens is 590 g/mol. The molecule has 2 amide bonds. The molecule has 5 heterocycles. The van der Waals surface area contributed by atoms with Crippen LogP contribution in [0.1, 0.15) is 16.1 Å². The van der Waals surface area contributed by atoms with Crippen LogP contribution in [0.5, 0.6) is 0 Å². The molecule has 3 aromatic rings. The summed E-state index contributed by atoms with van der Waals surface area (Å²) in [7, 11) is 1.24. The number of β-lactam (4-membered cyclic amide) rings is 1. The van der Waals surface area contributed by atoms with E-state index in [1.165, 1.54) is 24.3 Å². The lowest BCUT2D eigenvalue weighted by molar-refractivity contribution is -0.150. The lowest BCUT2D eigenvalue weighted by Gasteiger charge is -2.49. The number of aromatic amines is 1. The third kappa shape index (κ3) is 4.75. The van der Waals surface area contributed by atoms with Crippen LogP contribution < -0.4 is 16.6 Å². The predicted octanol–water partition coefficient (Wildman–Crippen LogP) is -0.964. The van der Waals surface area contributed by atoms with Crippen LogP contribution >= 0.6 is 34.9 Å². The Kier molecular flexibility index (Phi) is 7.21. The second-order valence-corrected chi connectivity index (χ2v) is 11.0. The summed E-state index contributed by atoms with van der Waals surface area (Å²) >= 11 is 3.39. The van der Waals surface area contributed by atoms with E-state index in [1.54, 1.807) is 0 Å². The molecule has 0 radical (unpaired) electrons. The van der Waals surface area contributed by atoms with Crippen molar-refractivity contribution >= 4 is 75.2 Å². The summed E-state index contributed by atoms with van der Waals surface area (Å²) in [6.45, 7) is 0. The average molecular weight is 608 g/mol. The zero-order valence-corrected chi connectivity index (χ0v) is 22.5. The van der Waals surface area contributed by atoms with Crippen molar-refractivity contribution in [1.82, 2.24) is 34.8 Å². The summed E-state index contributed by atoms with van der Waals surface area (Å²) in [5, 5.41) is 29.1. The molecule has 0 aromatic carbocycles. The number of carbonyl (C=O) groups excluding carboxylic acids is 2. The number of fused-ring (bicyclic) bond motifs is 2. The summed E-state index contributed by atoms with van der Waals surface area (Å²) < 4.78 is 0.872. The van der Waals surface area contributed by atoms with Crippen molar-refractivity contribution in [2.45, 2.75) is 16.6 Å². The van der Waals surface area contributed by atoms with Gasteiger partial charge in [0.05, 0.1) is 6.20 Å². The van der Waals surface area contributed by atoms with Gasteiger partial charge in [0, 0.05) is 16.9 Å². The number of carboxylic acid groups (broad SMARTS) is 2. The van der Waals surface area contributed by atoms with Gasteiger partial charge in [-0.25, -0.2) is 19.6 Å². The topological polar surface area (TPSA) is 248 Å². The van der Waals surface area contributed by atoms with Crippen LogP contribution in [0.2, 0.25) is 0 Å². The number of aromatic carboxylic acids is 1. The van der Waals surface area contributed by atoms with E-state index in [4.69, 9.17) is 15.7 Å². The van der Waals surface area contributed by atoms with E-state index in [9.17, 15) is 29.1 Å². The number of thiazole rings is 1. The van der Waals surface area contributed by atoms with Gasteiger partial charge >= 0.3 is 11.9 Å². The summed E-state index contributed by atoms with van der Waals surface area (Å²) in [6, 6.07) is -1.02. The maximum Gasteiger partial charge on any atom is 0.352 e. The molecule has 0 bridgehead atoms. The van der Waals surface area contributed by atoms with E-state index in [1.807, 2.05) is 0 Å². The SMILES string of the molecule is CON=C(C(=O)NC1C(=O)N2C(C(=O)O)=C(CSc3nc4ncc(C(=O)O)c(=O)n4[nH]3)CSC12)c1csc(N)n1. The number of carboxylic acids is 2. The lowest BCUT2D eigenvalue weighted by atomic mass is 10.0. The van der Waals surface area contributed by atoms with Crippen LogP contribution in [-0.2, 0) is 19.2 Å². The zero-order chi connectivity index (χ0) is 28.7. The van der Waals surface area contributed by atoms with Crippen LogP contribution in [0.15, 0.2) is 38.0 Å². The van der Waals surface area contributed by atoms with E-state index in [0.29, 0.717) is 5.57 Å². The number of H-pyrrole nitrogens is 1. The fraction of sp³-hybridized carbons (Fsp3) is 0.250. The minimum absolute atomic E-state index is 0.0590. The maximum absolute atomic E-state index is 13.0. The number of anilines is 1. The molecule has 6 N–H and O–H groups in total. The number of nitrogens with one attached hydrogen (secondary N) is 2. The Hall–Kier alpha value is -4.43. The molecule has 40 heavy (non-hydrogen) atoms. The molecule has 3 aromatic heterocycles. The van der Waals surface area contributed by atoms with Gasteiger partial charge in [0.2, 0.25) is 0 Å². The summed E-state index contributed by atoms with van der Waals surface area (Å²) in [4.78, 5) is 79.3. The monoisotopic (exact) mass is 607 g/mol. The van der Waals surface area contributed by atoms with E-state index in [0.717, 1.165) is 38.7 Å². The highest BCUT2D eigenvalue weighted by Gasteiger charge is 2.54. The first kappa shape index (κ1) is 27.1. The smallest absolute Gasteiger partial charge is 0.352 e. The van der Waals surface area contributed by atoms with Gasteiger partial charge in [0.1, 0.15) is 35.5 Å². The highest BCUT2D eigenvalue weighted by molar-refractivity contribution is 8.01. The predicted molar refractivity (Wildman–Crippen MR) is 141 cm³/mol. The maximum atomic E-state index is 13.0. The number of hydrogen-bond acceptors (Lipinski definition) is 14. The minimum atomic E-state index is -1.44. The van der Waals surface area contributed by atoms with Crippen LogP contribution in [0, 0.1) is 0 Å². The molecule has 1 fully saturated rings. The molecule has 2 aliphatic rings. The molecule has 208 valence electrons. The fourth-order valence-corrected chi connectivity index (χ4v) is 6.78. The Morgan fingerprint density at radius 3 is 2.73 bits per heavy atom. The average Bonchev–Trinajstić information content (AvgIpc) is 3.54. The number of amides is 2. The Labute approximate surface area is 234 Å². The van der Waals surface area contributed by atoms with Gasteiger partial charge in [-0.15, -0.1) is 23.1 Å². The minimum Gasteiger partial charge on any atom is -0.477 e. The number of aromatic nitrogens is 5. The van der Waals surface area contributed by atoms with Crippen molar-refractivity contribution in [2.75, 3.05) is 24.3 Å². The summed E-state index contributed by atoms with van der Waals surface area (Å²) in [5.74, 6) is -3.89. The van der Waals surface area contributed by atoms with E-state index < -0.39 is 46.3 Å². The van der Waals surface area contributed by atoms with Crippen molar-refractivity contribution in [2.24, 2.45) is 5.16 Å². The third-order valence-corrected chi connectivity index (χ3v) is 8.63. The van der Waals surface area contributed by atoms with Crippen LogP contribution in [0.3, 0.4) is 0 Å². The van der Waals surface area contributed by atoms with E-state index in [2.05, 4.69) is 30.5 Å². The Bertz CT molecular complexity index is 1690. The zero-order valence-electron chi connectivity index (χ0n) is 20.1. The van der Waals surface area contributed by atoms with E-state index in [-0.39, 0.29) is 44.7 Å². The molecule has 0 saturated carbocycles. The molecule has 0 aliphatic carbocycles. The van der Waals surface area contributed by atoms with Crippen LogP contribution in [0.25, 0.3) is 5.78 Å². The van der Waals surface area contributed by atoms with E-state index >= 15 is 0 Å². The largest absolute Gasteiger partial charge is 0.477 e. The normalized spacial score (nSPS) is 18.9. The number of hydrogen-bond donors (Lipinski definition) is 5. The first-order chi connectivity index (χ1) is 19.1. The van der Waals surface area contributed by atoms with Gasteiger partial charge in [-0.3, -0.25) is 24.4 Å². The highest BCUT2D eigenvalue weighted by Crippen LogP contribution is 2.41. The Morgan fingerprint density at radius 2 is 2.08 bits per heavy atom. The summed E-state index contributed by atoms with van der Waals surface area (Å²) in [6.07, 6.45) is 0.902. The first-order valence-electron chi connectivity index (χ1n) is 11.0. The number of rotatable bonds is 9. The van der Waals surface area contributed by atoms with Gasteiger partial charge in [-0.2, -0.15) is 9.50 Å². The number of oxime groups is 1. The second kappa shape index (κ2) is 10.6. The molecule has 2 unspecified atom stereocenters. The van der Waals surface area contributed by atoms with Crippen molar-refractivity contribution in [3.8, 4) is 0 Å². The van der Waals surface area contributed by atoms with Gasteiger partial charge in [0.25, 0.3) is 23.2 Å². The Balaban J connectivity index is 1.32. The third-order valence-electron chi connectivity index (χ3n) is 5.66. The molecule has 5 rings (SSSR count). The second-order valence-electron chi connectivity index (χ2n) is 8.05. The number of nitrogen functional groups attached to an aromatic ring is 1. The number of thioether (sulfide) groups is 2. The quantitative estimate of drug-likeness (QED) is 0.0850. The van der Waals surface area contributed by atoms with Crippen molar-refractivity contribution < 1.29 is 34.2 Å². The van der Waals surface area contributed by atoms with Gasteiger partial charge in [0.15, 0.2) is 16.0 Å². The molecular formula is C20H17N9O8S3. The molecule has 2 aliphatic heterocycles. The van der Waals surface area contributed by atoms with Gasteiger partial charge in [-0.1, -0.05) is 16.9 Å². The standard InChI is InChI=1S/C20H17N9O8S3/c1-37-27-9(8-5-39-18(21)23-8)12(30)24-10-14(32)28-11(17(35)36)6(3-38-15(10)28)4-40-20-25-19-22-2-7(16(33)34)13(31)29(19)26-20/h2,5,10,15H,3-4H2,1H3,(H2,21,23)(H,24,30)(H,33,34)(H,35,36)(H,22,25,26). The molecule has 17 nitrogen and oxygen atoms in total. The van der Waals surface area contributed by atoms with Gasteiger partial charge in [-0.05, 0) is 5.57 Å². The van der Waals surface area contributed by atoms with Crippen molar-refractivity contribution in [3.63, 3.8) is 0 Å². The number of aliphatic carboxylic acids is 1. The number of nitrogens with two attached hydrogens (primary N) is 1. The fourth-order valence-electron chi connectivity index (χ4n) is 3.90. The first-order valence-corrected chi connectivity index (χ1v) is 13.9. The van der Waals surface area contributed by atoms with Crippen molar-refractivity contribution in [1.29, 1.82) is 0 Å². The lowest BCUT2D eigenvalue weighted by Crippen LogP contribution is -2.71. The van der Waals surface area contributed by atoms with Gasteiger partial charge < -0.3 is 26.1 Å². The number of nitrogens with zero attached hydrogens (tertiary/aromatic N) is 6. The summed E-state index contributed by atoms with van der Waals surface area (Å²) in [5.41, 5.74) is 4.39. The van der Waals surface area contributed by atoms with Crippen LogP contribution in [-0.4, -0.2) is 99.2 Å². The van der Waals surface area contributed by atoms with Crippen LogP contribution in [0.4, 0.5) is 5.13 Å². The molecule has 0 spiro atoms.